The van der Waals surface area contributed by atoms with Crippen LogP contribution < -0.4 is 5.32 Å². The average molecular weight is 514 g/mol. The summed E-state index contributed by atoms with van der Waals surface area (Å²) in [6.07, 6.45) is 21.6. The summed E-state index contributed by atoms with van der Waals surface area (Å²) in [7, 11) is 0. The molecule has 3 nitrogen and oxygen atoms in total. The normalized spacial score (nSPS) is 37.8. The van der Waals surface area contributed by atoms with Crippen LogP contribution in [0, 0.1) is 46.3 Å². The fraction of sp³-hybridized carbons (Fsp3) is 0.912. The van der Waals surface area contributed by atoms with Gasteiger partial charge in [0.15, 0.2) is 0 Å². The SMILES string of the molecule is CCCCCCNC(=O)O[C@@H]1CC[C@@]2(C)C(=CC[C@H]3[C@@H]4CC[C@H]([C@H](C)CCCC(C)C)[C@@]4(C)CC[C@@H]32)C1. The molecule has 4 rings (SSSR count). The molecule has 4 aliphatic carbocycles. The van der Waals surface area contributed by atoms with Crippen LogP contribution in [0.3, 0.4) is 0 Å². The zero-order valence-electron chi connectivity index (χ0n) is 25.2. The van der Waals surface area contributed by atoms with Gasteiger partial charge in [0, 0.05) is 13.0 Å². The van der Waals surface area contributed by atoms with Crippen molar-refractivity contribution >= 4 is 6.09 Å². The summed E-state index contributed by atoms with van der Waals surface area (Å²) in [5.74, 6) is 5.24. The van der Waals surface area contributed by atoms with E-state index in [-0.39, 0.29) is 12.2 Å². The van der Waals surface area contributed by atoms with Crippen molar-refractivity contribution in [3.05, 3.63) is 11.6 Å². The monoisotopic (exact) mass is 513 g/mol. The maximum atomic E-state index is 12.4. The van der Waals surface area contributed by atoms with Crippen LogP contribution in [-0.4, -0.2) is 18.7 Å². The molecule has 0 aromatic carbocycles. The number of nitrogens with one attached hydrogen (secondary N) is 1. The summed E-state index contributed by atoms with van der Waals surface area (Å²) in [4.78, 5) is 12.4. The van der Waals surface area contributed by atoms with Crippen molar-refractivity contribution in [2.45, 2.75) is 144 Å². The van der Waals surface area contributed by atoms with Crippen LogP contribution in [0.2, 0.25) is 0 Å². The topological polar surface area (TPSA) is 38.3 Å². The van der Waals surface area contributed by atoms with Crippen molar-refractivity contribution < 1.29 is 9.53 Å². The molecule has 212 valence electrons. The van der Waals surface area contributed by atoms with E-state index in [4.69, 9.17) is 4.74 Å². The Morgan fingerprint density at radius 1 is 1.00 bits per heavy atom. The highest BCUT2D eigenvalue weighted by Gasteiger charge is 2.59. The van der Waals surface area contributed by atoms with Crippen LogP contribution in [0.1, 0.15) is 138 Å². The predicted octanol–water partition coefficient (Wildman–Crippen LogP) is 9.70. The van der Waals surface area contributed by atoms with Gasteiger partial charge >= 0.3 is 6.09 Å². The zero-order valence-corrected chi connectivity index (χ0v) is 25.2. The van der Waals surface area contributed by atoms with Gasteiger partial charge < -0.3 is 10.1 Å². The molecule has 1 amide bonds. The molecule has 0 unspecified atom stereocenters. The molecule has 0 radical (unpaired) electrons. The minimum atomic E-state index is -0.202. The van der Waals surface area contributed by atoms with Gasteiger partial charge in [-0.15, -0.1) is 0 Å². The molecule has 0 aliphatic heterocycles. The second kappa shape index (κ2) is 12.5. The lowest BCUT2D eigenvalue weighted by Crippen LogP contribution is -2.51. The third kappa shape index (κ3) is 6.27. The van der Waals surface area contributed by atoms with Gasteiger partial charge in [-0.3, -0.25) is 0 Å². The molecule has 0 saturated heterocycles. The number of ether oxygens (including phenoxy) is 1. The summed E-state index contributed by atoms with van der Waals surface area (Å²) in [6, 6.07) is 0. The number of carbonyl (C=O) groups is 1. The van der Waals surface area contributed by atoms with Crippen LogP contribution in [0.25, 0.3) is 0 Å². The number of carbonyl (C=O) groups excluding carboxylic acids is 1. The fourth-order valence-corrected chi connectivity index (χ4v) is 9.69. The second-order valence-electron chi connectivity index (χ2n) is 14.5. The predicted molar refractivity (Wildman–Crippen MR) is 155 cm³/mol. The molecule has 0 aromatic rings. The Kier molecular flexibility index (Phi) is 9.77. The van der Waals surface area contributed by atoms with Gasteiger partial charge in [0.05, 0.1) is 0 Å². The highest BCUT2D eigenvalue weighted by Crippen LogP contribution is 2.67. The second-order valence-corrected chi connectivity index (χ2v) is 14.5. The van der Waals surface area contributed by atoms with E-state index in [0.29, 0.717) is 10.8 Å². The molecule has 1 N–H and O–H groups in total. The minimum absolute atomic E-state index is 0.0583. The van der Waals surface area contributed by atoms with Gasteiger partial charge in [0.25, 0.3) is 0 Å². The van der Waals surface area contributed by atoms with Crippen molar-refractivity contribution in [1.29, 1.82) is 0 Å². The molecule has 0 bridgehead atoms. The van der Waals surface area contributed by atoms with Gasteiger partial charge in [0.1, 0.15) is 6.10 Å². The standard InChI is InChI=1S/C34H59NO2/c1-7-8-9-10-22-35-32(36)37-27-18-20-33(5)26(23-27)14-15-28-30-17-16-29(25(4)13-11-12-24(2)3)34(30,6)21-19-31(28)33/h14,24-25,27-31H,7-13,15-23H2,1-6H3,(H,35,36)/t25-,27-,28+,29-,30+,31+,33+,34-/m1/s1. The van der Waals surface area contributed by atoms with Crippen LogP contribution in [-0.2, 0) is 4.74 Å². The summed E-state index contributed by atoms with van der Waals surface area (Å²) in [6.45, 7) is 15.5. The molecule has 3 saturated carbocycles. The quantitative estimate of drug-likeness (QED) is 0.220. The molecule has 0 heterocycles. The van der Waals surface area contributed by atoms with Gasteiger partial charge in [-0.25, -0.2) is 4.79 Å². The maximum absolute atomic E-state index is 12.4. The molecule has 3 heteroatoms. The highest BCUT2D eigenvalue weighted by molar-refractivity contribution is 5.67. The van der Waals surface area contributed by atoms with E-state index in [2.05, 4.69) is 52.9 Å². The van der Waals surface area contributed by atoms with E-state index in [0.717, 1.165) is 61.3 Å². The molecular weight excluding hydrogens is 454 g/mol. The number of amides is 1. The summed E-state index contributed by atoms with van der Waals surface area (Å²) < 4.78 is 5.91. The van der Waals surface area contributed by atoms with Crippen LogP contribution in [0.15, 0.2) is 11.6 Å². The minimum Gasteiger partial charge on any atom is -0.446 e. The van der Waals surface area contributed by atoms with Crippen LogP contribution in [0.4, 0.5) is 4.79 Å². The van der Waals surface area contributed by atoms with Crippen molar-refractivity contribution in [2.75, 3.05) is 6.54 Å². The number of unbranched alkanes of at least 4 members (excludes halogenated alkanes) is 3. The lowest BCUT2D eigenvalue weighted by Gasteiger charge is -2.58. The van der Waals surface area contributed by atoms with E-state index in [1.807, 2.05) is 0 Å². The lowest BCUT2D eigenvalue weighted by molar-refractivity contribution is -0.0581. The molecule has 3 fully saturated rings. The van der Waals surface area contributed by atoms with E-state index in [1.54, 1.807) is 5.57 Å². The Balaban J connectivity index is 1.34. The first-order chi connectivity index (χ1) is 17.7. The van der Waals surface area contributed by atoms with E-state index in [1.165, 1.54) is 77.0 Å². The van der Waals surface area contributed by atoms with Gasteiger partial charge in [-0.1, -0.05) is 91.7 Å². The largest absolute Gasteiger partial charge is 0.446 e. The van der Waals surface area contributed by atoms with Crippen molar-refractivity contribution in [2.24, 2.45) is 46.3 Å². The number of hydrogen-bond donors (Lipinski definition) is 1. The van der Waals surface area contributed by atoms with Gasteiger partial charge in [-0.05, 0) is 97.7 Å². The molecular formula is C34H59NO2. The van der Waals surface area contributed by atoms with E-state index < -0.39 is 0 Å². The first-order valence-electron chi connectivity index (χ1n) is 16.3. The Morgan fingerprint density at radius 2 is 1.81 bits per heavy atom. The van der Waals surface area contributed by atoms with Crippen molar-refractivity contribution in [3.63, 3.8) is 0 Å². The number of hydrogen-bond acceptors (Lipinski definition) is 2. The lowest BCUT2D eigenvalue weighted by atomic mass is 9.47. The number of fused-ring (bicyclic) bond motifs is 5. The Morgan fingerprint density at radius 3 is 2.57 bits per heavy atom. The van der Waals surface area contributed by atoms with Gasteiger partial charge in [-0.2, -0.15) is 0 Å². The highest BCUT2D eigenvalue weighted by atomic mass is 16.6. The van der Waals surface area contributed by atoms with E-state index >= 15 is 0 Å². The molecule has 0 spiro atoms. The summed E-state index contributed by atoms with van der Waals surface area (Å²) in [5, 5.41) is 3.00. The first-order valence-corrected chi connectivity index (χ1v) is 16.3. The van der Waals surface area contributed by atoms with Crippen LogP contribution >= 0.6 is 0 Å². The summed E-state index contributed by atoms with van der Waals surface area (Å²) >= 11 is 0. The zero-order chi connectivity index (χ0) is 26.6. The Labute approximate surface area is 229 Å². The number of alkyl carbamates (subject to hydrolysis) is 1. The first kappa shape index (κ1) is 29.0. The molecule has 37 heavy (non-hydrogen) atoms. The number of allylic oxidation sites excluding steroid dienone is 1. The maximum Gasteiger partial charge on any atom is 0.407 e. The molecule has 8 atom stereocenters. The van der Waals surface area contributed by atoms with Crippen molar-refractivity contribution in [3.8, 4) is 0 Å². The Bertz CT molecular complexity index is 789. The van der Waals surface area contributed by atoms with Crippen molar-refractivity contribution in [1.82, 2.24) is 5.32 Å². The smallest absolute Gasteiger partial charge is 0.407 e. The third-order valence-corrected chi connectivity index (χ3v) is 11.8. The van der Waals surface area contributed by atoms with Crippen LogP contribution in [0.5, 0.6) is 0 Å². The fourth-order valence-electron chi connectivity index (χ4n) is 9.69. The number of rotatable bonds is 11. The molecule has 4 aliphatic rings. The molecule has 0 aromatic heterocycles. The Hall–Kier alpha value is -0.990. The third-order valence-electron chi connectivity index (χ3n) is 11.8. The van der Waals surface area contributed by atoms with E-state index in [9.17, 15) is 4.79 Å². The average Bonchev–Trinajstić information content (AvgIpc) is 3.21. The summed E-state index contributed by atoms with van der Waals surface area (Å²) in [5.41, 5.74) is 2.48. The van der Waals surface area contributed by atoms with Gasteiger partial charge in [0.2, 0.25) is 0 Å².